The molecule has 0 aromatic carbocycles. The topological polar surface area (TPSA) is 29.5 Å². The van der Waals surface area contributed by atoms with E-state index < -0.39 is 0 Å². The third-order valence-corrected chi connectivity index (χ3v) is 3.99. The van der Waals surface area contributed by atoms with Crippen LogP contribution in [0, 0.1) is 5.92 Å². The van der Waals surface area contributed by atoms with Crippen molar-refractivity contribution in [1.29, 1.82) is 0 Å². The summed E-state index contributed by atoms with van der Waals surface area (Å²) in [5.74, 6) is 0.978. The number of fused-ring (bicyclic) bond motifs is 1. The van der Waals surface area contributed by atoms with Gasteiger partial charge in [-0.05, 0) is 38.5 Å². The second-order valence-corrected chi connectivity index (χ2v) is 4.98. The Bertz CT molecular complexity index is 240. The highest BCUT2D eigenvalue weighted by molar-refractivity contribution is 5.78. The standard InChI is InChI=1S/C13H23NO2/c1-2-16-10-13(15)14-9-5-7-11-6-3-4-8-12(11)14/h11-12H,2-10H2,1H3. The van der Waals surface area contributed by atoms with Crippen molar-refractivity contribution in [3.63, 3.8) is 0 Å². The Kier molecular flexibility index (Phi) is 4.22. The molecular weight excluding hydrogens is 202 g/mol. The number of amides is 1. The lowest BCUT2D eigenvalue weighted by Crippen LogP contribution is -2.50. The van der Waals surface area contributed by atoms with Crippen molar-refractivity contribution < 1.29 is 9.53 Å². The third-order valence-electron chi connectivity index (χ3n) is 3.99. The summed E-state index contributed by atoms with van der Waals surface area (Å²) in [7, 11) is 0. The van der Waals surface area contributed by atoms with Crippen molar-refractivity contribution in [1.82, 2.24) is 4.90 Å². The minimum absolute atomic E-state index is 0.207. The first-order valence-corrected chi connectivity index (χ1v) is 6.70. The van der Waals surface area contributed by atoms with E-state index in [0.717, 1.165) is 12.5 Å². The van der Waals surface area contributed by atoms with Gasteiger partial charge >= 0.3 is 0 Å². The zero-order valence-corrected chi connectivity index (χ0v) is 10.3. The fourth-order valence-corrected chi connectivity index (χ4v) is 3.21. The molecule has 0 spiro atoms. The number of carbonyl (C=O) groups excluding carboxylic acids is 1. The molecule has 16 heavy (non-hydrogen) atoms. The van der Waals surface area contributed by atoms with E-state index in [1.165, 1.54) is 38.5 Å². The first-order chi connectivity index (χ1) is 7.83. The van der Waals surface area contributed by atoms with Gasteiger partial charge in [-0.15, -0.1) is 0 Å². The van der Waals surface area contributed by atoms with Crippen molar-refractivity contribution in [2.24, 2.45) is 5.92 Å². The largest absolute Gasteiger partial charge is 0.372 e. The molecule has 0 aromatic rings. The van der Waals surface area contributed by atoms with Gasteiger partial charge in [0, 0.05) is 19.2 Å². The van der Waals surface area contributed by atoms with E-state index in [1.807, 2.05) is 6.92 Å². The molecule has 2 fully saturated rings. The van der Waals surface area contributed by atoms with E-state index in [0.29, 0.717) is 12.6 Å². The average Bonchev–Trinajstić information content (AvgIpc) is 2.35. The van der Waals surface area contributed by atoms with Gasteiger partial charge in [0.05, 0.1) is 0 Å². The Morgan fingerprint density at radius 1 is 1.25 bits per heavy atom. The van der Waals surface area contributed by atoms with Gasteiger partial charge < -0.3 is 9.64 Å². The molecule has 1 amide bonds. The van der Waals surface area contributed by atoms with Gasteiger partial charge in [0.25, 0.3) is 0 Å². The Hall–Kier alpha value is -0.570. The third kappa shape index (κ3) is 2.57. The lowest BCUT2D eigenvalue weighted by molar-refractivity contribution is -0.142. The smallest absolute Gasteiger partial charge is 0.248 e. The van der Waals surface area contributed by atoms with Crippen molar-refractivity contribution in [2.45, 2.75) is 51.5 Å². The summed E-state index contributed by atoms with van der Waals surface area (Å²) in [6.07, 6.45) is 7.68. The van der Waals surface area contributed by atoms with Gasteiger partial charge in [0.2, 0.25) is 5.91 Å². The van der Waals surface area contributed by atoms with Crippen molar-refractivity contribution in [3.05, 3.63) is 0 Å². The summed E-state index contributed by atoms with van der Waals surface area (Å²) in [4.78, 5) is 14.1. The Morgan fingerprint density at radius 3 is 2.81 bits per heavy atom. The number of piperidine rings is 1. The average molecular weight is 225 g/mol. The molecule has 3 heteroatoms. The summed E-state index contributed by atoms with van der Waals surface area (Å²) in [5.41, 5.74) is 0. The SMILES string of the molecule is CCOCC(=O)N1CCCC2CCCCC21. The molecule has 1 aliphatic carbocycles. The van der Waals surface area contributed by atoms with Gasteiger partial charge in [-0.2, -0.15) is 0 Å². The van der Waals surface area contributed by atoms with Crippen LogP contribution in [-0.4, -0.2) is 36.6 Å². The summed E-state index contributed by atoms with van der Waals surface area (Å²) in [6, 6.07) is 0.524. The number of hydrogen-bond acceptors (Lipinski definition) is 2. The molecule has 0 aromatic heterocycles. The molecule has 3 nitrogen and oxygen atoms in total. The van der Waals surface area contributed by atoms with Gasteiger partial charge in [-0.3, -0.25) is 4.79 Å². The number of carbonyl (C=O) groups is 1. The number of nitrogens with zero attached hydrogens (tertiary/aromatic N) is 1. The molecule has 2 unspecified atom stereocenters. The van der Waals surface area contributed by atoms with Crippen LogP contribution in [0.1, 0.15) is 45.4 Å². The Balaban J connectivity index is 1.93. The van der Waals surface area contributed by atoms with E-state index in [-0.39, 0.29) is 12.5 Å². The maximum Gasteiger partial charge on any atom is 0.248 e. The summed E-state index contributed by atoms with van der Waals surface area (Å²) < 4.78 is 5.24. The normalized spacial score (nSPS) is 29.9. The summed E-state index contributed by atoms with van der Waals surface area (Å²) in [6.45, 7) is 3.80. The highest BCUT2D eigenvalue weighted by Gasteiger charge is 2.35. The van der Waals surface area contributed by atoms with Gasteiger partial charge in [-0.25, -0.2) is 0 Å². The minimum Gasteiger partial charge on any atom is -0.372 e. The molecule has 0 N–H and O–H groups in total. The van der Waals surface area contributed by atoms with Crippen molar-refractivity contribution >= 4 is 5.91 Å². The van der Waals surface area contributed by atoms with Crippen LogP contribution in [0.15, 0.2) is 0 Å². The van der Waals surface area contributed by atoms with Crippen LogP contribution >= 0.6 is 0 Å². The van der Waals surface area contributed by atoms with Crippen molar-refractivity contribution in [2.75, 3.05) is 19.8 Å². The molecular formula is C13H23NO2. The number of ether oxygens (including phenoxy) is 1. The van der Waals surface area contributed by atoms with Crippen LogP contribution in [-0.2, 0) is 9.53 Å². The maximum absolute atomic E-state index is 12.0. The number of likely N-dealkylation sites (tertiary alicyclic amines) is 1. The highest BCUT2D eigenvalue weighted by atomic mass is 16.5. The van der Waals surface area contributed by atoms with Crippen LogP contribution in [0.4, 0.5) is 0 Å². The zero-order valence-electron chi connectivity index (χ0n) is 10.3. The predicted molar refractivity (Wildman–Crippen MR) is 63.2 cm³/mol. The van der Waals surface area contributed by atoms with Crippen LogP contribution in [0.25, 0.3) is 0 Å². The lowest BCUT2D eigenvalue weighted by Gasteiger charge is -2.44. The van der Waals surface area contributed by atoms with E-state index >= 15 is 0 Å². The molecule has 92 valence electrons. The monoisotopic (exact) mass is 225 g/mol. The minimum atomic E-state index is 0.207. The molecule has 2 aliphatic rings. The van der Waals surface area contributed by atoms with Gasteiger partial charge in [0.1, 0.15) is 6.61 Å². The Morgan fingerprint density at radius 2 is 2.00 bits per heavy atom. The highest BCUT2D eigenvalue weighted by Crippen LogP contribution is 2.35. The van der Waals surface area contributed by atoms with Crippen LogP contribution < -0.4 is 0 Å². The first-order valence-electron chi connectivity index (χ1n) is 6.70. The molecule has 1 saturated heterocycles. The predicted octanol–water partition coefficient (Wildman–Crippen LogP) is 2.20. The summed E-state index contributed by atoms with van der Waals surface area (Å²) >= 11 is 0. The molecule has 1 aliphatic heterocycles. The zero-order chi connectivity index (χ0) is 11.4. The van der Waals surface area contributed by atoms with E-state index in [4.69, 9.17) is 4.74 Å². The van der Waals surface area contributed by atoms with Crippen molar-refractivity contribution in [3.8, 4) is 0 Å². The van der Waals surface area contributed by atoms with E-state index in [2.05, 4.69) is 4.90 Å². The number of hydrogen-bond donors (Lipinski definition) is 0. The molecule has 2 rings (SSSR count). The van der Waals surface area contributed by atoms with E-state index in [1.54, 1.807) is 0 Å². The molecule has 1 saturated carbocycles. The van der Waals surface area contributed by atoms with Gasteiger partial charge in [-0.1, -0.05) is 12.8 Å². The second kappa shape index (κ2) is 5.67. The molecule has 1 heterocycles. The fourth-order valence-electron chi connectivity index (χ4n) is 3.21. The first kappa shape index (κ1) is 11.9. The fraction of sp³-hybridized carbons (Fsp3) is 0.923. The van der Waals surface area contributed by atoms with Crippen LogP contribution in [0.3, 0.4) is 0 Å². The van der Waals surface area contributed by atoms with E-state index in [9.17, 15) is 4.79 Å². The lowest BCUT2D eigenvalue weighted by atomic mass is 9.78. The number of rotatable bonds is 3. The summed E-state index contributed by atoms with van der Waals surface area (Å²) in [5, 5.41) is 0. The van der Waals surface area contributed by atoms with Crippen LogP contribution in [0.2, 0.25) is 0 Å². The molecule has 0 bridgehead atoms. The maximum atomic E-state index is 12.0. The Labute approximate surface area is 98.1 Å². The quantitative estimate of drug-likeness (QED) is 0.737. The van der Waals surface area contributed by atoms with Gasteiger partial charge in [0.15, 0.2) is 0 Å². The second-order valence-electron chi connectivity index (χ2n) is 4.98. The molecule has 0 radical (unpaired) electrons. The van der Waals surface area contributed by atoms with Crippen LogP contribution in [0.5, 0.6) is 0 Å². The molecule has 2 atom stereocenters.